The van der Waals surface area contributed by atoms with Crippen molar-refractivity contribution in [3.05, 3.63) is 98.8 Å². The lowest BCUT2D eigenvalue weighted by Gasteiger charge is -2.09. The van der Waals surface area contributed by atoms with Gasteiger partial charge in [0.15, 0.2) is 0 Å². The predicted octanol–water partition coefficient (Wildman–Crippen LogP) is 6.02. The second-order valence-electron chi connectivity index (χ2n) is 6.14. The van der Waals surface area contributed by atoms with Crippen LogP contribution < -0.4 is 10.9 Å². The van der Waals surface area contributed by atoms with Gasteiger partial charge in [0, 0.05) is 16.0 Å². The van der Waals surface area contributed by atoms with E-state index in [-0.39, 0.29) is 5.91 Å². The first-order valence-corrected chi connectivity index (χ1v) is 9.16. The van der Waals surface area contributed by atoms with E-state index in [0.717, 1.165) is 5.39 Å². The number of hydrogen-bond acceptors (Lipinski definition) is 3. The van der Waals surface area contributed by atoms with Gasteiger partial charge in [0.2, 0.25) is 0 Å². The smallest absolute Gasteiger partial charge is 0.344 e. The lowest BCUT2D eigenvalue weighted by molar-refractivity contribution is 0.102. The van der Waals surface area contributed by atoms with Crippen LogP contribution in [0, 0.1) is 0 Å². The number of rotatable bonds is 3. The Bertz CT molecular complexity index is 1260. The van der Waals surface area contributed by atoms with Gasteiger partial charge in [-0.15, -0.1) is 0 Å². The highest BCUT2D eigenvalue weighted by Gasteiger charge is 2.12. The van der Waals surface area contributed by atoms with E-state index in [9.17, 15) is 9.59 Å². The van der Waals surface area contributed by atoms with E-state index in [1.807, 2.05) is 12.1 Å². The van der Waals surface area contributed by atoms with Crippen LogP contribution in [-0.4, -0.2) is 5.91 Å². The Morgan fingerprint density at radius 2 is 1.71 bits per heavy atom. The molecule has 0 radical (unpaired) electrons. The van der Waals surface area contributed by atoms with Gasteiger partial charge < -0.3 is 9.73 Å². The van der Waals surface area contributed by atoms with Gasteiger partial charge in [-0.3, -0.25) is 4.79 Å². The van der Waals surface area contributed by atoms with E-state index in [2.05, 4.69) is 5.32 Å². The standard InChI is InChI=1S/C22H13Cl2NO3/c23-16-8-9-19(18(24)12-16)25-21(26)15-6-3-5-13(10-15)17-11-14-4-1-2-7-20(14)28-22(17)27/h1-12H,(H,25,26). The zero-order valence-electron chi connectivity index (χ0n) is 14.4. The van der Waals surface area contributed by atoms with Crippen molar-refractivity contribution < 1.29 is 9.21 Å². The minimum atomic E-state index is -0.461. The first-order valence-electron chi connectivity index (χ1n) is 8.41. The Morgan fingerprint density at radius 3 is 2.54 bits per heavy atom. The first kappa shape index (κ1) is 18.3. The molecule has 0 fully saturated rings. The second kappa shape index (κ2) is 7.50. The van der Waals surface area contributed by atoms with Crippen molar-refractivity contribution in [3.63, 3.8) is 0 Å². The Kier molecular flexibility index (Phi) is 4.90. The Hall–Kier alpha value is -3.08. The van der Waals surface area contributed by atoms with Crippen LogP contribution in [0.25, 0.3) is 22.1 Å². The number of para-hydroxylation sites is 1. The van der Waals surface area contributed by atoms with E-state index in [0.29, 0.717) is 38.0 Å². The molecule has 6 heteroatoms. The molecule has 0 aliphatic heterocycles. The molecule has 0 saturated heterocycles. The fourth-order valence-electron chi connectivity index (χ4n) is 2.88. The summed E-state index contributed by atoms with van der Waals surface area (Å²) in [6, 6.07) is 20.6. The molecule has 4 aromatic rings. The van der Waals surface area contributed by atoms with Crippen LogP contribution in [0.5, 0.6) is 0 Å². The number of hydrogen-bond donors (Lipinski definition) is 1. The van der Waals surface area contributed by atoms with Crippen molar-refractivity contribution in [2.75, 3.05) is 5.32 Å². The topological polar surface area (TPSA) is 59.3 Å². The fraction of sp³-hybridized carbons (Fsp3) is 0. The minimum Gasteiger partial charge on any atom is -0.422 e. The highest BCUT2D eigenvalue weighted by Crippen LogP contribution is 2.27. The monoisotopic (exact) mass is 409 g/mol. The summed E-state index contributed by atoms with van der Waals surface area (Å²) in [4.78, 5) is 25.0. The van der Waals surface area contributed by atoms with Crippen molar-refractivity contribution in [1.29, 1.82) is 0 Å². The van der Waals surface area contributed by atoms with Gasteiger partial charge >= 0.3 is 5.63 Å². The Balaban J connectivity index is 1.69. The maximum Gasteiger partial charge on any atom is 0.344 e. The lowest BCUT2D eigenvalue weighted by Crippen LogP contribution is -2.12. The Morgan fingerprint density at radius 1 is 0.893 bits per heavy atom. The maximum atomic E-state index is 12.6. The van der Waals surface area contributed by atoms with Crippen LogP contribution >= 0.6 is 23.2 Å². The molecular weight excluding hydrogens is 397 g/mol. The number of carbonyl (C=O) groups excluding carboxylic acids is 1. The summed E-state index contributed by atoms with van der Waals surface area (Å²) >= 11 is 12.0. The number of anilines is 1. The van der Waals surface area contributed by atoms with Crippen molar-refractivity contribution >= 4 is 45.8 Å². The zero-order valence-corrected chi connectivity index (χ0v) is 15.9. The van der Waals surface area contributed by atoms with Gasteiger partial charge in [-0.05, 0) is 48.0 Å². The van der Waals surface area contributed by atoms with E-state index in [1.165, 1.54) is 0 Å². The van der Waals surface area contributed by atoms with Crippen molar-refractivity contribution in [2.45, 2.75) is 0 Å². The van der Waals surface area contributed by atoms with Gasteiger partial charge in [-0.1, -0.05) is 53.5 Å². The molecule has 138 valence electrons. The molecule has 0 saturated carbocycles. The molecule has 1 aromatic heterocycles. The van der Waals surface area contributed by atoms with Crippen LogP contribution in [0.4, 0.5) is 5.69 Å². The van der Waals surface area contributed by atoms with Crippen LogP contribution in [0.15, 0.2) is 82.0 Å². The Labute approximate surface area is 170 Å². The summed E-state index contributed by atoms with van der Waals surface area (Å²) in [5.41, 5.74) is 1.87. The van der Waals surface area contributed by atoms with Gasteiger partial charge in [0.1, 0.15) is 5.58 Å². The molecule has 0 aliphatic rings. The SMILES string of the molecule is O=C(Nc1ccc(Cl)cc1Cl)c1cccc(-c2cc3ccccc3oc2=O)c1. The number of halogens is 2. The number of carbonyl (C=O) groups is 1. The maximum absolute atomic E-state index is 12.6. The third-order valence-corrected chi connectivity index (χ3v) is 4.80. The molecule has 0 atom stereocenters. The van der Waals surface area contributed by atoms with E-state index in [4.69, 9.17) is 27.6 Å². The number of fused-ring (bicyclic) bond motifs is 1. The third-order valence-electron chi connectivity index (χ3n) is 4.26. The summed E-state index contributed by atoms with van der Waals surface area (Å²) in [6.45, 7) is 0. The minimum absolute atomic E-state index is 0.340. The molecule has 1 amide bonds. The molecule has 28 heavy (non-hydrogen) atoms. The van der Waals surface area contributed by atoms with Crippen molar-refractivity contribution in [3.8, 4) is 11.1 Å². The fourth-order valence-corrected chi connectivity index (χ4v) is 3.33. The molecule has 0 aliphatic carbocycles. The average Bonchev–Trinajstić information content (AvgIpc) is 2.69. The predicted molar refractivity (Wildman–Crippen MR) is 112 cm³/mol. The number of nitrogens with one attached hydrogen (secondary N) is 1. The third kappa shape index (κ3) is 3.65. The average molecular weight is 410 g/mol. The van der Waals surface area contributed by atoms with Gasteiger partial charge in [0.05, 0.1) is 16.3 Å². The molecule has 0 spiro atoms. The van der Waals surface area contributed by atoms with Crippen LogP contribution in [0.1, 0.15) is 10.4 Å². The molecular formula is C22H13Cl2NO3. The van der Waals surface area contributed by atoms with Crippen LogP contribution in [-0.2, 0) is 0 Å². The largest absolute Gasteiger partial charge is 0.422 e. The molecule has 0 unspecified atom stereocenters. The van der Waals surface area contributed by atoms with E-state index in [1.54, 1.807) is 60.7 Å². The highest BCUT2D eigenvalue weighted by molar-refractivity contribution is 6.36. The summed E-state index contributed by atoms with van der Waals surface area (Å²) in [7, 11) is 0. The quantitative estimate of drug-likeness (QED) is 0.420. The molecule has 0 bridgehead atoms. The van der Waals surface area contributed by atoms with Crippen molar-refractivity contribution in [2.24, 2.45) is 0 Å². The first-order chi connectivity index (χ1) is 13.5. The van der Waals surface area contributed by atoms with Crippen LogP contribution in [0.2, 0.25) is 10.0 Å². The van der Waals surface area contributed by atoms with E-state index >= 15 is 0 Å². The van der Waals surface area contributed by atoms with Gasteiger partial charge in [-0.2, -0.15) is 0 Å². The molecule has 4 rings (SSSR count). The van der Waals surface area contributed by atoms with Gasteiger partial charge in [0.25, 0.3) is 5.91 Å². The molecule has 1 heterocycles. The number of benzene rings is 3. The zero-order chi connectivity index (χ0) is 19.7. The molecule has 4 nitrogen and oxygen atoms in total. The normalized spacial score (nSPS) is 10.8. The molecule has 1 N–H and O–H groups in total. The summed E-state index contributed by atoms with van der Waals surface area (Å²) in [5.74, 6) is -0.351. The van der Waals surface area contributed by atoms with Gasteiger partial charge in [-0.25, -0.2) is 4.79 Å². The summed E-state index contributed by atoms with van der Waals surface area (Å²) in [6.07, 6.45) is 0. The number of amides is 1. The second-order valence-corrected chi connectivity index (χ2v) is 6.99. The van der Waals surface area contributed by atoms with Crippen LogP contribution in [0.3, 0.4) is 0 Å². The van der Waals surface area contributed by atoms with Crippen molar-refractivity contribution in [1.82, 2.24) is 0 Å². The highest BCUT2D eigenvalue weighted by atomic mass is 35.5. The summed E-state index contributed by atoms with van der Waals surface area (Å²) in [5, 5.41) is 4.37. The lowest BCUT2D eigenvalue weighted by atomic mass is 10.0. The molecule has 3 aromatic carbocycles. The van der Waals surface area contributed by atoms with E-state index < -0.39 is 5.63 Å². The summed E-state index contributed by atoms with van der Waals surface area (Å²) < 4.78 is 5.38.